The summed E-state index contributed by atoms with van der Waals surface area (Å²) in [6.07, 6.45) is 4.33. The van der Waals surface area contributed by atoms with Crippen LogP contribution in [0.25, 0.3) is 0 Å². The third kappa shape index (κ3) is 3.46. The number of rotatable bonds is 7. The molecule has 23 heavy (non-hydrogen) atoms. The van der Waals surface area contributed by atoms with Crippen molar-refractivity contribution in [1.29, 1.82) is 0 Å². The maximum absolute atomic E-state index is 12.5. The summed E-state index contributed by atoms with van der Waals surface area (Å²) in [5.74, 6) is 1.63. The van der Waals surface area contributed by atoms with Crippen LogP contribution in [0.3, 0.4) is 0 Å². The van der Waals surface area contributed by atoms with Gasteiger partial charge in [-0.2, -0.15) is 4.98 Å². The van der Waals surface area contributed by atoms with Gasteiger partial charge in [-0.15, -0.1) is 4.68 Å². The lowest BCUT2D eigenvalue weighted by Crippen LogP contribution is -2.60. The summed E-state index contributed by atoms with van der Waals surface area (Å²) >= 11 is 0. The predicted octanol–water partition coefficient (Wildman–Crippen LogP) is 1.16. The Balaban J connectivity index is 2.39. The van der Waals surface area contributed by atoms with Crippen LogP contribution in [0.1, 0.15) is 20.3 Å². The van der Waals surface area contributed by atoms with E-state index in [2.05, 4.69) is 29.1 Å². The molecule has 0 bridgehead atoms. The summed E-state index contributed by atoms with van der Waals surface area (Å²) in [7, 11) is 3.95. The zero-order chi connectivity index (χ0) is 17.0. The molecule has 0 radical (unpaired) electrons. The van der Waals surface area contributed by atoms with E-state index in [0.717, 1.165) is 31.8 Å². The van der Waals surface area contributed by atoms with Crippen LogP contribution >= 0.6 is 0 Å². The average Bonchev–Trinajstić information content (AvgIpc) is 2.53. The van der Waals surface area contributed by atoms with Crippen LogP contribution in [-0.2, 0) is 0 Å². The van der Waals surface area contributed by atoms with Crippen LogP contribution in [0, 0.1) is 0 Å². The fourth-order valence-electron chi connectivity index (χ4n) is 2.58. The van der Waals surface area contributed by atoms with E-state index in [4.69, 9.17) is 4.74 Å². The van der Waals surface area contributed by atoms with E-state index >= 15 is 0 Å². The number of ether oxygens (including phenoxy) is 1. The van der Waals surface area contributed by atoms with Crippen molar-refractivity contribution in [2.75, 3.05) is 39.0 Å². The summed E-state index contributed by atoms with van der Waals surface area (Å²) < 4.78 is 7.90. The van der Waals surface area contributed by atoms with Gasteiger partial charge in [-0.25, -0.2) is 9.39 Å². The molecule has 1 aromatic heterocycles. The Bertz CT molecular complexity index is 680. The topological polar surface area (TPSA) is 68.2 Å². The maximum atomic E-state index is 12.5. The molecule has 0 saturated heterocycles. The molecule has 1 unspecified atom stereocenters. The van der Waals surface area contributed by atoms with Gasteiger partial charge in [0.05, 0.1) is 19.3 Å². The molecule has 0 fully saturated rings. The molecule has 0 saturated carbocycles. The minimum absolute atomic E-state index is 0.288. The third-order valence-electron chi connectivity index (χ3n) is 4.23. The Hall–Kier alpha value is -2.12. The number of aromatic nitrogens is 2. The molecule has 126 valence electrons. The van der Waals surface area contributed by atoms with Crippen molar-refractivity contribution < 1.29 is 4.74 Å². The summed E-state index contributed by atoms with van der Waals surface area (Å²) in [6.45, 7) is 10.2. The lowest BCUT2D eigenvalue weighted by Gasteiger charge is -2.34. The van der Waals surface area contributed by atoms with E-state index in [0.29, 0.717) is 21.9 Å². The van der Waals surface area contributed by atoms with Crippen molar-refractivity contribution in [3.8, 4) is 5.75 Å². The molecule has 2 heterocycles. The number of allylic oxidation sites excluding steroid dienone is 2. The largest absolute Gasteiger partial charge is 0.450 e. The van der Waals surface area contributed by atoms with Crippen molar-refractivity contribution in [1.82, 2.24) is 19.6 Å². The molecule has 0 spiro atoms. The van der Waals surface area contributed by atoms with Gasteiger partial charge < -0.3 is 15.4 Å². The Morgan fingerprint density at radius 1 is 1.57 bits per heavy atom. The van der Waals surface area contributed by atoms with E-state index in [1.165, 1.54) is 0 Å². The molecular weight excluding hydrogens is 294 g/mol. The molecule has 2 N–H and O–H groups in total. The van der Waals surface area contributed by atoms with Crippen LogP contribution in [0.15, 0.2) is 35.1 Å². The highest BCUT2D eigenvalue weighted by Crippen LogP contribution is 2.29. The molecule has 1 aromatic rings. The molecule has 0 amide bonds. The first-order valence-corrected chi connectivity index (χ1v) is 7.87. The van der Waals surface area contributed by atoms with Gasteiger partial charge in [0, 0.05) is 13.0 Å². The van der Waals surface area contributed by atoms with Crippen LogP contribution in [0.2, 0.25) is 0 Å². The molecule has 0 aromatic carbocycles. The van der Waals surface area contributed by atoms with E-state index in [-0.39, 0.29) is 5.69 Å². The summed E-state index contributed by atoms with van der Waals surface area (Å²) in [6, 6.07) is 0. The number of hydrogen-bond donors (Lipinski definition) is 2. The first-order chi connectivity index (χ1) is 10.9. The number of fused-ring (bicyclic) bond motifs is 1. The number of anilines is 1. The van der Waals surface area contributed by atoms with Crippen LogP contribution in [-0.4, -0.2) is 43.4 Å². The van der Waals surface area contributed by atoms with Crippen molar-refractivity contribution in [2.45, 2.75) is 20.3 Å². The second-order valence-corrected chi connectivity index (χ2v) is 5.84. The minimum Gasteiger partial charge on any atom is -0.450 e. The first kappa shape index (κ1) is 17.2. The molecule has 7 heteroatoms. The maximum Gasteiger partial charge on any atom is 0.394 e. The highest BCUT2D eigenvalue weighted by molar-refractivity contribution is 5.57. The van der Waals surface area contributed by atoms with E-state index < -0.39 is 0 Å². The van der Waals surface area contributed by atoms with Crippen molar-refractivity contribution in [2.24, 2.45) is 0 Å². The van der Waals surface area contributed by atoms with E-state index in [9.17, 15) is 4.79 Å². The van der Waals surface area contributed by atoms with Gasteiger partial charge in [0.2, 0.25) is 0 Å². The van der Waals surface area contributed by atoms with Crippen LogP contribution in [0.5, 0.6) is 5.75 Å². The SMILES string of the molecule is C=CC1=C(C)Nc2nc(=O)n([N+](C)(CC)CCCNC)cc2O1. The fourth-order valence-corrected chi connectivity index (χ4v) is 2.58. The molecule has 1 aliphatic rings. The molecule has 2 rings (SSSR count). The van der Waals surface area contributed by atoms with Gasteiger partial charge in [0.25, 0.3) is 0 Å². The monoisotopic (exact) mass is 320 g/mol. The summed E-state index contributed by atoms with van der Waals surface area (Å²) in [4.78, 5) is 16.6. The van der Waals surface area contributed by atoms with Gasteiger partial charge >= 0.3 is 5.69 Å². The highest BCUT2D eigenvalue weighted by Gasteiger charge is 2.27. The van der Waals surface area contributed by atoms with Gasteiger partial charge in [0.1, 0.15) is 18.5 Å². The smallest absolute Gasteiger partial charge is 0.394 e. The zero-order valence-corrected chi connectivity index (χ0v) is 14.3. The van der Waals surface area contributed by atoms with Crippen LogP contribution in [0.4, 0.5) is 5.82 Å². The highest BCUT2D eigenvalue weighted by atomic mass is 16.5. The normalized spacial score (nSPS) is 16.2. The molecule has 1 aliphatic heterocycles. The number of nitrogens with zero attached hydrogens (tertiary/aromatic N) is 3. The van der Waals surface area contributed by atoms with Gasteiger partial charge in [-0.3, -0.25) is 0 Å². The van der Waals surface area contributed by atoms with Crippen molar-refractivity contribution >= 4 is 5.82 Å². The average molecular weight is 320 g/mol. The summed E-state index contributed by atoms with van der Waals surface area (Å²) in [5, 5.41) is 6.23. The second kappa shape index (κ2) is 6.97. The Morgan fingerprint density at radius 2 is 2.30 bits per heavy atom. The number of nitrogens with one attached hydrogen (secondary N) is 2. The molecule has 0 aliphatic carbocycles. The predicted molar refractivity (Wildman–Crippen MR) is 93.1 cm³/mol. The number of quaternary nitrogens is 1. The first-order valence-electron chi connectivity index (χ1n) is 7.87. The van der Waals surface area contributed by atoms with Crippen LogP contribution < -0.4 is 25.7 Å². The molecule has 1 atom stereocenters. The fraction of sp³-hybridized carbons (Fsp3) is 0.500. The van der Waals surface area contributed by atoms with E-state index in [1.54, 1.807) is 16.9 Å². The Labute approximate surface area is 136 Å². The standard InChI is InChI=1S/C16H25N5O2/c1-6-13-12(3)18-15-14(23-13)11-20(16(22)19-15)21(5,7-2)10-8-9-17-4/h6,11,17H,1,7-10H2,2-5H3/p+1. The quantitative estimate of drug-likeness (QED) is 0.583. The van der Waals surface area contributed by atoms with Crippen molar-refractivity contribution in [3.63, 3.8) is 0 Å². The van der Waals surface area contributed by atoms with Gasteiger partial charge in [0.15, 0.2) is 11.6 Å². The second-order valence-electron chi connectivity index (χ2n) is 5.84. The molecule has 7 nitrogen and oxygen atoms in total. The molecular formula is C16H26N5O2+. The third-order valence-corrected chi connectivity index (χ3v) is 4.23. The number of hydrogen-bond acceptors (Lipinski definition) is 5. The van der Waals surface area contributed by atoms with Gasteiger partial charge in [-0.05, 0) is 27.0 Å². The minimum atomic E-state index is -0.288. The Morgan fingerprint density at radius 3 is 2.91 bits per heavy atom. The van der Waals surface area contributed by atoms with E-state index in [1.807, 2.05) is 21.0 Å². The lowest BCUT2D eigenvalue weighted by atomic mass is 10.3. The zero-order valence-electron chi connectivity index (χ0n) is 14.3. The summed E-state index contributed by atoms with van der Waals surface area (Å²) in [5.41, 5.74) is 0.502. The lowest BCUT2D eigenvalue weighted by molar-refractivity contribution is 0.154. The Kier molecular flexibility index (Phi) is 5.23. The van der Waals surface area contributed by atoms with Crippen molar-refractivity contribution in [3.05, 3.63) is 40.8 Å². The van der Waals surface area contributed by atoms with Gasteiger partial charge in [-0.1, -0.05) is 6.58 Å².